The zero-order valence-corrected chi connectivity index (χ0v) is 12.5. The summed E-state index contributed by atoms with van der Waals surface area (Å²) in [5.74, 6) is 0.771. The number of benzene rings is 1. The highest BCUT2D eigenvalue weighted by atomic mass is 35.5. The third-order valence-electron chi connectivity index (χ3n) is 3.88. The molecule has 5 heteroatoms. The number of furan rings is 1. The van der Waals surface area contributed by atoms with Crippen molar-refractivity contribution >= 4 is 17.3 Å². The molecule has 0 radical (unpaired) electrons. The normalized spacial score (nSPS) is 16.4. The van der Waals surface area contributed by atoms with E-state index in [1.54, 1.807) is 18.4 Å². The first-order valence-electron chi connectivity index (χ1n) is 7.17. The summed E-state index contributed by atoms with van der Waals surface area (Å²) < 4.78 is 19.3. The van der Waals surface area contributed by atoms with Gasteiger partial charge in [-0.05, 0) is 30.3 Å². The maximum Gasteiger partial charge on any atom is 0.147 e. The first-order valence-corrected chi connectivity index (χ1v) is 7.55. The van der Waals surface area contributed by atoms with Crippen LogP contribution in [0.25, 0.3) is 0 Å². The van der Waals surface area contributed by atoms with Crippen molar-refractivity contribution in [1.82, 2.24) is 4.90 Å². The Morgan fingerprint density at radius 2 is 1.95 bits per heavy atom. The van der Waals surface area contributed by atoms with Crippen molar-refractivity contribution < 1.29 is 8.81 Å². The van der Waals surface area contributed by atoms with Crippen molar-refractivity contribution in [3.8, 4) is 0 Å². The van der Waals surface area contributed by atoms with Crippen LogP contribution in [0, 0.1) is 5.82 Å². The van der Waals surface area contributed by atoms with Crippen LogP contribution in [0.2, 0.25) is 5.02 Å². The number of halogens is 2. The molecule has 0 spiro atoms. The van der Waals surface area contributed by atoms with Crippen molar-refractivity contribution in [1.29, 1.82) is 0 Å². The highest BCUT2D eigenvalue weighted by Crippen LogP contribution is 2.23. The van der Waals surface area contributed by atoms with Gasteiger partial charge in [-0.1, -0.05) is 11.6 Å². The van der Waals surface area contributed by atoms with E-state index in [0.717, 1.165) is 44.9 Å². The summed E-state index contributed by atoms with van der Waals surface area (Å²) in [7, 11) is 0. The van der Waals surface area contributed by atoms with E-state index in [4.69, 9.17) is 16.0 Å². The average molecular weight is 309 g/mol. The summed E-state index contributed by atoms with van der Waals surface area (Å²) in [6.45, 7) is 4.50. The SMILES string of the molecule is Fc1cc(Cl)ccc1N1CCN(CCc2ccco2)CC1. The first-order chi connectivity index (χ1) is 10.2. The molecular weight excluding hydrogens is 291 g/mol. The molecular formula is C16H18ClFN2O. The third kappa shape index (κ3) is 3.57. The molecule has 0 atom stereocenters. The van der Waals surface area contributed by atoms with Crippen LogP contribution < -0.4 is 4.90 Å². The molecule has 2 aromatic rings. The minimum atomic E-state index is -0.244. The van der Waals surface area contributed by atoms with E-state index in [2.05, 4.69) is 9.80 Å². The zero-order valence-electron chi connectivity index (χ0n) is 11.8. The number of anilines is 1. The van der Waals surface area contributed by atoms with Gasteiger partial charge in [-0.2, -0.15) is 0 Å². The van der Waals surface area contributed by atoms with Gasteiger partial charge in [0.1, 0.15) is 11.6 Å². The van der Waals surface area contributed by atoms with Crippen molar-refractivity contribution in [2.75, 3.05) is 37.6 Å². The molecule has 0 aliphatic carbocycles. The van der Waals surface area contributed by atoms with Crippen LogP contribution in [0.15, 0.2) is 41.0 Å². The van der Waals surface area contributed by atoms with Crippen LogP contribution in [0.1, 0.15) is 5.76 Å². The van der Waals surface area contributed by atoms with Gasteiger partial charge in [0.25, 0.3) is 0 Å². The Morgan fingerprint density at radius 3 is 2.62 bits per heavy atom. The lowest BCUT2D eigenvalue weighted by Gasteiger charge is -2.36. The van der Waals surface area contributed by atoms with Gasteiger partial charge in [0.15, 0.2) is 0 Å². The Morgan fingerprint density at radius 1 is 1.14 bits per heavy atom. The fraction of sp³-hybridized carbons (Fsp3) is 0.375. The molecule has 1 aromatic carbocycles. The van der Waals surface area contributed by atoms with Gasteiger partial charge in [-0.15, -0.1) is 0 Å². The molecule has 1 aliphatic heterocycles. The Labute approximate surface area is 128 Å². The number of piperazine rings is 1. The molecule has 1 saturated heterocycles. The molecule has 0 saturated carbocycles. The summed E-state index contributed by atoms with van der Waals surface area (Å²) in [5, 5.41) is 0.438. The maximum atomic E-state index is 13.9. The minimum Gasteiger partial charge on any atom is -0.469 e. The van der Waals surface area contributed by atoms with E-state index in [-0.39, 0.29) is 5.82 Å². The van der Waals surface area contributed by atoms with Crippen molar-refractivity contribution in [2.45, 2.75) is 6.42 Å². The number of nitrogens with zero attached hydrogens (tertiary/aromatic N) is 2. The fourth-order valence-corrected chi connectivity index (χ4v) is 2.83. The third-order valence-corrected chi connectivity index (χ3v) is 4.11. The van der Waals surface area contributed by atoms with Gasteiger partial charge in [0.05, 0.1) is 12.0 Å². The summed E-state index contributed by atoms with van der Waals surface area (Å²) in [6, 6.07) is 8.79. The van der Waals surface area contributed by atoms with Gasteiger partial charge < -0.3 is 9.32 Å². The van der Waals surface area contributed by atoms with Gasteiger partial charge in [-0.3, -0.25) is 4.90 Å². The second-order valence-corrected chi connectivity index (χ2v) is 5.69. The lowest BCUT2D eigenvalue weighted by molar-refractivity contribution is 0.254. The number of rotatable bonds is 4. The van der Waals surface area contributed by atoms with Crippen LogP contribution in [0.3, 0.4) is 0 Å². The van der Waals surface area contributed by atoms with Crippen molar-refractivity contribution in [3.63, 3.8) is 0 Å². The largest absolute Gasteiger partial charge is 0.469 e. The monoisotopic (exact) mass is 308 g/mol. The van der Waals surface area contributed by atoms with E-state index in [1.807, 2.05) is 12.1 Å². The summed E-state index contributed by atoms with van der Waals surface area (Å²) in [5.41, 5.74) is 0.644. The van der Waals surface area contributed by atoms with E-state index >= 15 is 0 Å². The molecule has 1 fully saturated rings. The van der Waals surface area contributed by atoms with E-state index in [9.17, 15) is 4.39 Å². The highest BCUT2D eigenvalue weighted by molar-refractivity contribution is 6.30. The van der Waals surface area contributed by atoms with E-state index < -0.39 is 0 Å². The van der Waals surface area contributed by atoms with Crippen LogP contribution in [0.4, 0.5) is 10.1 Å². The summed E-state index contributed by atoms with van der Waals surface area (Å²) in [4.78, 5) is 4.46. The first kappa shape index (κ1) is 14.4. The Bertz CT molecular complexity index is 580. The van der Waals surface area contributed by atoms with Gasteiger partial charge in [0.2, 0.25) is 0 Å². The van der Waals surface area contributed by atoms with Crippen molar-refractivity contribution in [3.05, 3.63) is 53.2 Å². The molecule has 0 unspecified atom stereocenters. The molecule has 112 valence electrons. The molecule has 0 amide bonds. The lowest BCUT2D eigenvalue weighted by Crippen LogP contribution is -2.47. The molecule has 2 heterocycles. The van der Waals surface area contributed by atoms with Gasteiger partial charge >= 0.3 is 0 Å². The standard InChI is InChI=1S/C16H18ClFN2O/c17-13-3-4-16(15(18)12-13)20-9-7-19(8-10-20)6-5-14-2-1-11-21-14/h1-4,11-12H,5-10H2. The van der Waals surface area contributed by atoms with Gasteiger partial charge in [-0.25, -0.2) is 4.39 Å². The summed E-state index contributed by atoms with van der Waals surface area (Å²) >= 11 is 5.79. The Hall–Kier alpha value is -1.52. The predicted molar refractivity (Wildman–Crippen MR) is 82.5 cm³/mol. The van der Waals surface area contributed by atoms with Crippen molar-refractivity contribution in [2.24, 2.45) is 0 Å². The van der Waals surface area contributed by atoms with Crippen LogP contribution in [-0.4, -0.2) is 37.6 Å². The highest BCUT2D eigenvalue weighted by Gasteiger charge is 2.19. The minimum absolute atomic E-state index is 0.244. The average Bonchev–Trinajstić information content (AvgIpc) is 2.99. The zero-order chi connectivity index (χ0) is 14.7. The van der Waals surface area contributed by atoms with Gasteiger partial charge in [0, 0.05) is 44.2 Å². The molecule has 3 nitrogen and oxygen atoms in total. The molecule has 1 aliphatic rings. The molecule has 0 bridgehead atoms. The van der Waals surface area contributed by atoms with E-state index in [1.165, 1.54) is 6.07 Å². The van der Waals surface area contributed by atoms with E-state index in [0.29, 0.717) is 10.7 Å². The smallest absolute Gasteiger partial charge is 0.147 e. The second kappa shape index (κ2) is 6.50. The fourth-order valence-electron chi connectivity index (χ4n) is 2.67. The molecule has 0 N–H and O–H groups in total. The number of hydrogen-bond acceptors (Lipinski definition) is 3. The maximum absolute atomic E-state index is 13.9. The lowest BCUT2D eigenvalue weighted by atomic mass is 10.2. The molecule has 1 aromatic heterocycles. The van der Waals surface area contributed by atoms with Crippen LogP contribution in [0.5, 0.6) is 0 Å². The Kier molecular flexibility index (Phi) is 4.46. The molecule has 3 rings (SSSR count). The molecule has 21 heavy (non-hydrogen) atoms. The summed E-state index contributed by atoms with van der Waals surface area (Å²) in [6.07, 6.45) is 2.62. The van der Waals surface area contributed by atoms with Crippen LogP contribution >= 0.6 is 11.6 Å². The van der Waals surface area contributed by atoms with Crippen LogP contribution in [-0.2, 0) is 6.42 Å². The predicted octanol–water partition coefficient (Wildman–Crippen LogP) is 3.44. The Balaban J connectivity index is 1.52. The second-order valence-electron chi connectivity index (χ2n) is 5.25. The number of hydrogen-bond donors (Lipinski definition) is 0. The topological polar surface area (TPSA) is 19.6 Å². The quantitative estimate of drug-likeness (QED) is 0.862.